The van der Waals surface area contributed by atoms with E-state index in [0.717, 1.165) is 11.1 Å². The molecule has 5 rings (SSSR count). The third kappa shape index (κ3) is 5.46. The molecule has 6 nitrogen and oxygen atoms in total. The van der Waals surface area contributed by atoms with Crippen molar-refractivity contribution >= 4 is 40.7 Å². The highest BCUT2D eigenvalue weighted by atomic mass is 35.5. The Labute approximate surface area is 235 Å². The van der Waals surface area contributed by atoms with Gasteiger partial charge in [0.1, 0.15) is 5.75 Å². The van der Waals surface area contributed by atoms with Crippen molar-refractivity contribution in [1.29, 1.82) is 0 Å². The fraction of sp³-hybridized carbons (Fsp3) is 0.194. The van der Waals surface area contributed by atoms with Crippen LogP contribution >= 0.6 is 22.9 Å². The molecule has 0 N–H and O–H groups in total. The minimum Gasteiger partial charge on any atom is -0.490 e. The molecular formula is C31H27ClN2O4S. The molecule has 0 saturated heterocycles. The van der Waals surface area contributed by atoms with E-state index in [1.807, 2.05) is 74.5 Å². The van der Waals surface area contributed by atoms with E-state index in [1.54, 1.807) is 35.8 Å². The molecule has 0 amide bonds. The number of ether oxygens (including phenoxy) is 2. The van der Waals surface area contributed by atoms with Crippen LogP contribution in [0.5, 0.6) is 5.75 Å². The summed E-state index contributed by atoms with van der Waals surface area (Å²) in [5.74, 6) is 0.114. The molecule has 1 atom stereocenters. The van der Waals surface area contributed by atoms with Crippen molar-refractivity contribution in [1.82, 2.24) is 4.57 Å². The molecule has 3 aromatic carbocycles. The van der Waals surface area contributed by atoms with Gasteiger partial charge in [-0.25, -0.2) is 9.79 Å². The lowest BCUT2D eigenvalue weighted by molar-refractivity contribution is -0.138. The lowest BCUT2D eigenvalue weighted by atomic mass is 9.93. The van der Waals surface area contributed by atoms with Crippen LogP contribution < -0.4 is 19.6 Å². The Morgan fingerprint density at radius 1 is 1.08 bits per heavy atom. The van der Waals surface area contributed by atoms with Crippen molar-refractivity contribution < 1.29 is 14.3 Å². The zero-order valence-corrected chi connectivity index (χ0v) is 23.3. The van der Waals surface area contributed by atoms with Gasteiger partial charge in [-0.3, -0.25) is 9.36 Å². The predicted octanol–water partition coefficient (Wildman–Crippen LogP) is 5.38. The van der Waals surface area contributed by atoms with E-state index < -0.39 is 12.0 Å². The van der Waals surface area contributed by atoms with Crippen molar-refractivity contribution in [3.8, 4) is 5.75 Å². The number of nitrogens with zero attached hydrogens (tertiary/aromatic N) is 2. The fourth-order valence-electron chi connectivity index (χ4n) is 4.53. The van der Waals surface area contributed by atoms with E-state index >= 15 is 0 Å². The highest BCUT2D eigenvalue weighted by Gasteiger charge is 2.35. The van der Waals surface area contributed by atoms with Crippen molar-refractivity contribution in [2.24, 2.45) is 4.99 Å². The minimum absolute atomic E-state index is 0.0572. The number of esters is 1. The molecule has 1 aromatic heterocycles. The normalized spacial score (nSPS) is 15.2. The SMILES string of the molecule is CCOC(=O)C1=C(c2ccccc2)N=c2s/c(=C\c3cc(Cl)ccc3OC(C)C)c(=O)n2[C@@H]1c1ccccc1. The second kappa shape index (κ2) is 11.4. The van der Waals surface area contributed by atoms with Crippen LogP contribution in [0.2, 0.25) is 5.02 Å². The van der Waals surface area contributed by atoms with E-state index in [4.69, 9.17) is 26.1 Å². The second-order valence-corrected chi connectivity index (χ2v) is 10.6. The minimum atomic E-state index is -0.718. The van der Waals surface area contributed by atoms with Crippen LogP contribution in [0.15, 0.2) is 94.2 Å². The number of hydrogen-bond acceptors (Lipinski definition) is 6. The van der Waals surface area contributed by atoms with Gasteiger partial charge in [0.15, 0.2) is 4.80 Å². The van der Waals surface area contributed by atoms with Gasteiger partial charge in [0.25, 0.3) is 5.56 Å². The number of aromatic nitrogens is 1. The van der Waals surface area contributed by atoms with Gasteiger partial charge in [-0.2, -0.15) is 0 Å². The number of fused-ring (bicyclic) bond motifs is 1. The average molecular weight is 559 g/mol. The van der Waals surface area contributed by atoms with Crippen LogP contribution in [0.25, 0.3) is 11.8 Å². The number of hydrogen-bond donors (Lipinski definition) is 0. The van der Waals surface area contributed by atoms with Gasteiger partial charge in [0.05, 0.1) is 34.6 Å². The summed E-state index contributed by atoms with van der Waals surface area (Å²) in [7, 11) is 0. The quantitative estimate of drug-likeness (QED) is 0.286. The standard InChI is InChI=1S/C31H27ClN2O4S/c1-4-37-30(36)26-27(20-11-7-5-8-12-20)33-31-34(28(26)21-13-9-6-10-14-21)29(35)25(39-31)18-22-17-23(32)15-16-24(22)38-19(2)3/h5-19,28H,4H2,1-3H3/b25-18-/t28-/m1/s1. The molecule has 2 heterocycles. The van der Waals surface area contributed by atoms with Crippen molar-refractivity contribution in [3.63, 3.8) is 0 Å². The topological polar surface area (TPSA) is 69.9 Å². The Bertz CT molecular complexity index is 1720. The first kappa shape index (κ1) is 26.7. The van der Waals surface area contributed by atoms with Crippen LogP contribution in [0.1, 0.15) is 43.5 Å². The molecule has 0 aliphatic carbocycles. The van der Waals surface area contributed by atoms with Crippen LogP contribution in [0.4, 0.5) is 0 Å². The molecule has 1 aliphatic heterocycles. The molecule has 0 spiro atoms. The number of benzene rings is 3. The molecule has 1 aliphatic rings. The summed E-state index contributed by atoms with van der Waals surface area (Å²) >= 11 is 7.56. The molecule has 0 fully saturated rings. The first-order valence-electron chi connectivity index (χ1n) is 12.7. The Hall–Kier alpha value is -3.94. The third-order valence-corrected chi connectivity index (χ3v) is 7.33. The molecule has 198 valence electrons. The molecule has 0 saturated carbocycles. The van der Waals surface area contributed by atoms with Crippen molar-refractivity contribution in [3.05, 3.63) is 126 Å². The maximum atomic E-state index is 14.0. The summed E-state index contributed by atoms with van der Waals surface area (Å²) in [6.07, 6.45) is 1.71. The van der Waals surface area contributed by atoms with Crippen LogP contribution in [0, 0.1) is 0 Å². The molecule has 39 heavy (non-hydrogen) atoms. The van der Waals surface area contributed by atoms with Crippen LogP contribution in [-0.4, -0.2) is 23.2 Å². The van der Waals surface area contributed by atoms with Gasteiger partial charge in [-0.15, -0.1) is 0 Å². The summed E-state index contributed by atoms with van der Waals surface area (Å²) in [5, 5.41) is 0.531. The van der Waals surface area contributed by atoms with Gasteiger partial charge in [0.2, 0.25) is 0 Å². The smallest absolute Gasteiger partial charge is 0.338 e. The second-order valence-electron chi connectivity index (χ2n) is 9.19. The van der Waals surface area contributed by atoms with E-state index in [-0.39, 0.29) is 18.3 Å². The molecule has 0 radical (unpaired) electrons. The Balaban J connectivity index is 1.81. The third-order valence-electron chi connectivity index (χ3n) is 6.11. The zero-order chi connectivity index (χ0) is 27.5. The zero-order valence-electron chi connectivity index (χ0n) is 21.8. The van der Waals surface area contributed by atoms with Gasteiger partial charge in [0, 0.05) is 16.1 Å². The number of rotatable bonds is 7. The molecule has 0 bridgehead atoms. The highest BCUT2D eigenvalue weighted by molar-refractivity contribution is 7.07. The lowest BCUT2D eigenvalue weighted by Gasteiger charge is -2.25. The van der Waals surface area contributed by atoms with Crippen molar-refractivity contribution in [2.45, 2.75) is 32.9 Å². The van der Waals surface area contributed by atoms with Gasteiger partial charge in [-0.1, -0.05) is 83.6 Å². The van der Waals surface area contributed by atoms with E-state index in [9.17, 15) is 9.59 Å². The Kier molecular flexibility index (Phi) is 7.82. The average Bonchev–Trinajstić information content (AvgIpc) is 3.24. The summed E-state index contributed by atoms with van der Waals surface area (Å²) in [4.78, 5) is 32.9. The molecule has 8 heteroatoms. The molecule has 4 aromatic rings. The van der Waals surface area contributed by atoms with Crippen LogP contribution in [0.3, 0.4) is 0 Å². The van der Waals surface area contributed by atoms with E-state index in [0.29, 0.717) is 36.9 Å². The van der Waals surface area contributed by atoms with Gasteiger partial charge >= 0.3 is 5.97 Å². The van der Waals surface area contributed by atoms with Crippen LogP contribution in [-0.2, 0) is 9.53 Å². The maximum Gasteiger partial charge on any atom is 0.338 e. The number of thiazole rings is 1. The van der Waals surface area contributed by atoms with E-state index in [2.05, 4.69) is 0 Å². The Morgan fingerprint density at radius 3 is 2.44 bits per heavy atom. The van der Waals surface area contributed by atoms with E-state index in [1.165, 1.54) is 11.3 Å². The monoisotopic (exact) mass is 558 g/mol. The summed E-state index contributed by atoms with van der Waals surface area (Å²) in [6, 6.07) is 23.6. The maximum absolute atomic E-state index is 14.0. The number of carbonyl (C=O) groups excluding carboxylic acids is 1. The predicted molar refractivity (Wildman–Crippen MR) is 155 cm³/mol. The molecule has 0 unspecified atom stereocenters. The number of carbonyl (C=O) groups is 1. The summed E-state index contributed by atoms with van der Waals surface area (Å²) < 4.78 is 13.5. The number of halogens is 1. The van der Waals surface area contributed by atoms with Gasteiger partial charge in [-0.05, 0) is 50.6 Å². The first-order chi connectivity index (χ1) is 18.9. The fourth-order valence-corrected chi connectivity index (χ4v) is 5.70. The summed E-state index contributed by atoms with van der Waals surface area (Å²) in [6.45, 7) is 5.83. The highest BCUT2D eigenvalue weighted by Crippen LogP contribution is 2.35. The summed E-state index contributed by atoms with van der Waals surface area (Å²) in [5.41, 5.74) is 2.77. The van der Waals surface area contributed by atoms with Gasteiger partial charge < -0.3 is 9.47 Å². The molecular weight excluding hydrogens is 532 g/mol. The lowest BCUT2D eigenvalue weighted by Crippen LogP contribution is -2.40. The largest absolute Gasteiger partial charge is 0.490 e. The Morgan fingerprint density at radius 2 is 1.77 bits per heavy atom. The van der Waals surface area contributed by atoms with Crippen molar-refractivity contribution in [2.75, 3.05) is 6.61 Å². The first-order valence-corrected chi connectivity index (χ1v) is 13.9.